The number of sulfonamides is 1. The molecule has 0 unspecified atom stereocenters. The molecule has 12 heteroatoms. The Kier molecular flexibility index (Phi) is 5.62. The summed E-state index contributed by atoms with van der Waals surface area (Å²) in [5.74, 6) is 1.16. The first kappa shape index (κ1) is 21.2. The SMILES string of the molecule is NS(=O)(=O)Cc1ccc(Oc2nc(-c3cccc4[nH]ncc34)nc(N3CCOCC3)n2)cc1. The maximum atomic E-state index is 11.3. The van der Waals surface area contributed by atoms with Crippen LogP contribution in [0.3, 0.4) is 0 Å². The molecule has 3 heterocycles. The van der Waals surface area contributed by atoms with E-state index in [9.17, 15) is 8.42 Å². The van der Waals surface area contributed by atoms with E-state index < -0.39 is 10.0 Å². The Labute approximate surface area is 189 Å². The van der Waals surface area contributed by atoms with Gasteiger partial charge in [-0.3, -0.25) is 5.10 Å². The van der Waals surface area contributed by atoms with Crippen LogP contribution >= 0.6 is 0 Å². The Morgan fingerprint density at radius 1 is 1.06 bits per heavy atom. The van der Waals surface area contributed by atoms with Crippen molar-refractivity contribution >= 4 is 26.9 Å². The van der Waals surface area contributed by atoms with Gasteiger partial charge in [0.25, 0.3) is 0 Å². The maximum Gasteiger partial charge on any atom is 0.327 e. The number of morpholine rings is 1. The van der Waals surface area contributed by atoms with Crippen LogP contribution in [0, 0.1) is 0 Å². The fraction of sp³-hybridized carbons (Fsp3) is 0.238. The second-order valence-electron chi connectivity index (χ2n) is 7.53. The fourth-order valence-electron chi connectivity index (χ4n) is 3.57. The van der Waals surface area contributed by atoms with Gasteiger partial charge in [-0.2, -0.15) is 20.1 Å². The van der Waals surface area contributed by atoms with Gasteiger partial charge in [-0.15, -0.1) is 0 Å². The van der Waals surface area contributed by atoms with Crippen molar-refractivity contribution in [3.8, 4) is 23.1 Å². The topological polar surface area (TPSA) is 149 Å². The zero-order valence-electron chi connectivity index (χ0n) is 17.5. The molecule has 170 valence electrons. The fourth-order valence-corrected chi connectivity index (χ4v) is 4.23. The Hall–Kier alpha value is -3.61. The number of nitrogens with one attached hydrogen (secondary N) is 1. The second-order valence-corrected chi connectivity index (χ2v) is 9.15. The molecule has 2 aromatic carbocycles. The Balaban J connectivity index is 1.51. The lowest BCUT2D eigenvalue weighted by molar-refractivity contribution is 0.122. The van der Waals surface area contributed by atoms with Gasteiger partial charge >= 0.3 is 6.01 Å². The lowest BCUT2D eigenvalue weighted by atomic mass is 10.1. The van der Waals surface area contributed by atoms with Gasteiger partial charge in [0, 0.05) is 24.0 Å². The van der Waals surface area contributed by atoms with E-state index in [0.29, 0.717) is 49.4 Å². The lowest BCUT2D eigenvalue weighted by Gasteiger charge is -2.27. The van der Waals surface area contributed by atoms with E-state index in [-0.39, 0.29) is 11.8 Å². The molecular formula is C21H21N7O4S. The number of aromatic nitrogens is 5. The van der Waals surface area contributed by atoms with Gasteiger partial charge in [0.05, 0.1) is 30.7 Å². The molecule has 1 aliphatic heterocycles. The summed E-state index contributed by atoms with van der Waals surface area (Å²) in [5.41, 5.74) is 2.22. The standard InChI is InChI=1S/C21H21N7O4S/c22-33(29,30)13-14-4-6-15(7-5-14)32-21-25-19(16-2-1-3-18-17(16)12-23-27-18)24-20(26-21)28-8-10-31-11-9-28/h1-7,12H,8-11,13H2,(H,23,27)(H2,22,29,30). The van der Waals surface area contributed by atoms with Crippen molar-refractivity contribution in [1.82, 2.24) is 25.1 Å². The Bertz CT molecular complexity index is 1380. The number of primary sulfonamides is 1. The molecule has 5 rings (SSSR count). The quantitative estimate of drug-likeness (QED) is 0.433. The summed E-state index contributed by atoms with van der Waals surface area (Å²) in [4.78, 5) is 15.8. The van der Waals surface area contributed by atoms with Crippen LogP contribution in [-0.4, -0.2) is 59.9 Å². The molecule has 4 aromatic rings. The zero-order chi connectivity index (χ0) is 22.8. The van der Waals surface area contributed by atoms with Gasteiger partial charge in [0.2, 0.25) is 16.0 Å². The molecule has 0 radical (unpaired) electrons. The molecule has 1 saturated heterocycles. The summed E-state index contributed by atoms with van der Waals surface area (Å²) in [5, 5.41) is 13.1. The van der Waals surface area contributed by atoms with Crippen LogP contribution in [-0.2, 0) is 20.5 Å². The minimum absolute atomic E-state index is 0.126. The largest absolute Gasteiger partial charge is 0.424 e. The van der Waals surface area contributed by atoms with Crippen LogP contribution < -0.4 is 14.8 Å². The number of benzene rings is 2. The van der Waals surface area contributed by atoms with Crippen molar-refractivity contribution in [3.63, 3.8) is 0 Å². The zero-order valence-corrected chi connectivity index (χ0v) is 18.3. The highest BCUT2D eigenvalue weighted by Crippen LogP contribution is 2.29. The molecule has 2 aromatic heterocycles. The summed E-state index contributed by atoms with van der Waals surface area (Å²) >= 11 is 0. The molecule has 0 spiro atoms. The van der Waals surface area contributed by atoms with E-state index >= 15 is 0 Å². The molecule has 0 aliphatic carbocycles. The normalized spacial score (nSPS) is 14.5. The number of hydrogen-bond acceptors (Lipinski definition) is 9. The Morgan fingerprint density at radius 3 is 2.61 bits per heavy atom. The van der Waals surface area contributed by atoms with Crippen molar-refractivity contribution < 1.29 is 17.9 Å². The molecule has 0 atom stereocenters. The third kappa shape index (κ3) is 4.92. The third-order valence-corrected chi connectivity index (χ3v) is 5.86. The van der Waals surface area contributed by atoms with Crippen LogP contribution in [0.5, 0.6) is 11.8 Å². The second kappa shape index (κ2) is 8.73. The summed E-state index contributed by atoms with van der Waals surface area (Å²) in [6, 6.07) is 12.4. The van der Waals surface area contributed by atoms with E-state index in [2.05, 4.69) is 20.2 Å². The number of anilines is 1. The summed E-state index contributed by atoms with van der Waals surface area (Å²) in [6.45, 7) is 2.47. The number of nitrogens with zero attached hydrogens (tertiary/aromatic N) is 5. The van der Waals surface area contributed by atoms with Crippen molar-refractivity contribution in [3.05, 3.63) is 54.2 Å². The van der Waals surface area contributed by atoms with Crippen molar-refractivity contribution in [2.45, 2.75) is 5.75 Å². The van der Waals surface area contributed by atoms with Gasteiger partial charge < -0.3 is 14.4 Å². The highest BCUT2D eigenvalue weighted by Gasteiger charge is 2.19. The number of ether oxygens (including phenoxy) is 2. The molecular weight excluding hydrogens is 446 g/mol. The number of rotatable bonds is 6. The van der Waals surface area contributed by atoms with Crippen LogP contribution in [0.25, 0.3) is 22.3 Å². The molecule has 1 aliphatic rings. The highest BCUT2D eigenvalue weighted by molar-refractivity contribution is 7.88. The van der Waals surface area contributed by atoms with E-state index in [4.69, 9.17) is 19.6 Å². The van der Waals surface area contributed by atoms with E-state index in [1.165, 1.54) is 0 Å². The smallest absolute Gasteiger partial charge is 0.327 e. The van der Waals surface area contributed by atoms with Gasteiger partial charge in [-0.25, -0.2) is 13.6 Å². The van der Waals surface area contributed by atoms with Crippen molar-refractivity contribution in [2.75, 3.05) is 31.2 Å². The average Bonchev–Trinajstić information content (AvgIpc) is 3.29. The predicted octanol–water partition coefficient (Wildman–Crippen LogP) is 1.83. The Morgan fingerprint density at radius 2 is 1.85 bits per heavy atom. The minimum atomic E-state index is -3.61. The van der Waals surface area contributed by atoms with E-state index in [0.717, 1.165) is 16.5 Å². The molecule has 1 fully saturated rings. The molecule has 0 amide bonds. The van der Waals surface area contributed by atoms with Gasteiger partial charge in [0.15, 0.2) is 5.82 Å². The third-order valence-electron chi connectivity index (χ3n) is 5.12. The van der Waals surface area contributed by atoms with Crippen LogP contribution in [0.2, 0.25) is 0 Å². The van der Waals surface area contributed by atoms with Crippen molar-refractivity contribution in [2.24, 2.45) is 5.14 Å². The number of nitrogens with two attached hydrogens (primary N) is 1. The first-order valence-corrected chi connectivity index (χ1v) is 11.9. The molecule has 33 heavy (non-hydrogen) atoms. The average molecular weight is 468 g/mol. The number of H-pyrrole nitrogens is 1. The first-order valence-electron chi connectivity index (χ1n) is 10.2. The summed E-state index contributed by atoms with van der Waals surface area (Å²) < 4.78 is 34.0. The molecule has 0 saturated carbocycles. The summed E-state index contributed by atoms with van der Waals surface area (Å²) in [6.07, 6.45) is 1.73. The first-order chi connectivity index (χ1) is 15.9. The lowest BCUT2D eigenvalue weighted by Crippen LogP contribution is -2.37. The van der Waals surface area contributed by atoms with Gasteiger partial charge in [-0.05, 0) is 23.8 Å². The van der Waals surface area contributed by atoms with Crippen molar-refractivity contribution in [1.29, 1.82) is 0 Å². The molecule has 0 bridgehead atoms. The van der Waals surface area contributed by atoms with Crippen LogP contribution in [0.4, 0.5) is 5.95 Å². The van der Waals surface area contributed by atoms with Crippen LogP contribution in [0.1, 0.15) is 5.56 Å². The molecule has 3 N–H and O–H groups in total. The summed E-state index contributed by atoms with van der Waals surface area (Å²) in [7, 11) is -3.61. The minimum Gasteiger partial charge on any atom is -0.424 e. The van der Waals surface area contributed by atoms with Gasteiger partial charge in [0.1, 0.15) is 5.75 Å². The predicted molar refractivity (Wildman–Crippen MR) is 121 cm³/mol. The number of fused-ring (bicyclic) bond motifs is 1. The van der Waals surface area contributed by atoms with E-state index in [1.54, 1.807) is 30.5 Å². The highest BCUT2D eigenvalue weighted by atomic mass is 32.2. The monoisotopic (exact) mass is 467 g/mol. The number of aromatic amines is 1. The van der Waals surface area contributed by atoms with Gasteiger partial charge in [-0.1, -0.05) is 24.3 Å². The number of hydrogen-bond donors (Lipinski definition) is 2. The maximum absolute atomic E-state index is 11.3. The molecule has 11 nitrogen and oxygen atoms in total. The van der Waals surface area contributed by atoms with Crippen LogP contribution in [0.15, 0.2) is 48.7 Å². The van der Waals surface area contributed by atoms with E-state index in [1.807, 2.05) is 23.1 Å².